The average Bonchev–Trinajstić information content (AvgIpc) is 3.15. The van der Waals surface area contributed by atoms with Crippen LogP contribution in [0, 0.1) is 0 Å². The highest BCUT2D eigenvalue weighted by molar-refractivity contribution is 7.89. The highest BCUT2D eigenvalue weighted by atomic mass is 32.2. The van der Waals surface area contributed by atoms with Crippen molar-refractivity contribution in [3.63, 3.8) is 0 Å². The van der Waals surface area contributed by atoms with Crippen molar-refractivity contribution in [1.82, 2.24) is 19.3 Å². The first kappa shape index (κ1) is 16.7. The topological polar surface area (TPSA) is 95.8 Å². The minimum atomic E-state index is -3.75. The van der Waals surface area contributed by atoms with Crippen LogP contribution in [0.2, 0.25) is 0 Å². The molecule has 7 nitrogen and oxygen atoms in total. The van der Waals surface area contributed by atoms with Gasteiger partial charge in [-0.2, -0.15) is 5.10 Å². The first-order chi connectivity index (χ1) is 11.5. The van der Waals surface area contributed by atoms with Crippen LogP contribution in [0.15, 0.2) is 35.4 Å². The molecule has 0 radical (unpaired) electrons. The monoisotopic (exact) mass is 347 g/mol. The third-order valence-corrected chi connectivity index (χ3v) is 4.94. The number of unbranched alkanes of at least 4 members (excludes halogenated alkanes) is 1. The first-order valence-electron chi connectivity index (χ1n) is 8.01. The molecule has 0 bridgehead atoms. The maximum absolute atomic E-state index is 11.6. The lowest BCUT2D eigenvalue weighted by Gasteiger charge is -2.09. The number of hydrogen-bond donors (Lipinski definition) is 1. The molecule has 0 unspecified atom stereocenters. The Kier molecular flexibility index (Phi) is 4.42. The predicted molar refractivity (Wildman–Crippen MR) is 92.9 cm³/mol. The molecule has 2 aromatic heterocycles. The van der Waals surface area contributed by atoms with Gasteiger partial charge in [-0.15, -0.1) is 0 Å². The van der Waals surface area contributed by atoms with Gasteiger partial charge < -0.3 is 4.57 Å². The van der Waals surface area contributed by atoms with Gasteiger partial charge in [0.15, 0.2) is 5.82 Å². The van der Waals surface area contributed by atoms with Crippen LogP contribution >= 0.6 is 0 Å². The number of imidazole rings is 1. The van der Waals surface area contributed by atoms with Crippen LogP contribution in [0.5, 0.6) is 0 Å². The number of fused-ring (bicyclic) bond motifs is 1. The average molecular weight is 347 g/mol. The molecule has 0 fully saturated rings. The van der Waals surface area contributed by atoms with Crippen molar-refractivity contribution in [3.8, 4) is 11.5 Å². The second kappa shape index (κ2) is 6.37. The zero-order chi connectivity index (χ0) is 17.3. The van der Waals surface area contributed by atoms with Gasteiger partial charge in [-0.05, 0) is 37.6 Å². The highest BCUT2D eigenvalue weighted by Gasteiger charge is 2.17. The van der Waals surface area contributed by atoms with Gasteiger partial charge in [-0.1, -0.05) is 13.3 Å². The molecule has 8 heteroatoms. The Hall–Kier alpha value is -2.19. The lowest BCUT2D eigenvalue weighted by atomic mass is 10.3. The van der Waals surface area contributed by atoms with Crippen LogP contribution < -0.4 is 5.14 Å². The normalized spacial score (nSPS) is 12.1. The number of aryl methyl sites for hydroxylation is 2. The summed E-state index contributed by atoms with van der Waals surface area (Å²) in [7, 11) is -3.75. The van der Waals surface area contributed by atoms with E-state index in [0.29, 0.717) is 5.52 Å². The number of hydrogen-bond acceptors (Lipinski definition) is 4. The molecule has 0 atom stereocenters. The third-order valence-electron chi connectivity index (χ3n) is 4.03. The number of rotatable bonds is 6. The van der Waals surface area contributed by atoms with Gasteiger partial charge in [0.25, 0.3) is 0 Å². The molecule has 3 aromatic rings. The van der Waals surface area contributed by atoms with E-state index in [-0.39, 0.29) is 4.90 Å². The summed E-state index contributed by atoms with van der Waals surface area (Å²) in [5, 5.41) is 9.54. The summed E-state index contributed by atoms with van der Waals surface area (Å²) in [5.41, 5.74) is 2.44. The summed E-state index contributed by atoms with van der Waals surface area (Å²) in [6.07, 6.45) is 3.81. The summed E-state index contributed by atoms with van der Waals surface area (Å²) in [6.45, 7) is 5.70. The Morgan fingerprint density at radius 1 is 1.21 bits per heavy atom. The van der Waals surface area contributed by atoms with E-state index in [9.17, 15) is 8.42 Å². The molecular formula is C16H21N5O2S. The lowest BCUT2D eigenvalue weighted by molar-refractivity contribution is 0.598. The molecule has 24 heavy (non-hydrogen) atoms. The van der Waals surface area contributed by atoms with E-state index in [1.165, 1.54) is 12.1 Å². The highest BCUT2D eigenvalue weighted by Crippen LogP contribution is 2.27. The lowest BCUT2D eigenvalue weighted by Crippen LogP contribution is -2.11. The molecule has 0 aliphatic heterocycles. The summed E-state index contributed by atoms with van der Waals surface area (Å²) < 4.78 is 27.2. The molecule has 0 aliphatic rings. The van der Waals surface area contributed by atoms with E-state index in [1.807, 2.05) is 17.7 Å². The van der Waals surface area contributed by atoms with Crippen molar-refractivity contribution in [2.24, 2.45) is 5.14 Å². The number of sulfonamides is 1. The van der Waals surface area contributed by atoms with E-state index in [2.05, 4.69) is 21.6 Å². The molecule has 0 spiro atoms. The number of nitrogens with two attached hydrogens (primary N) is 1. The Bertz CT molecular complexity index is 972. The molecule has 1 aromatic carbocycles. The van der Waals surface area contributed by atoms with E-state index < -0.39 is 10.0 Å². The Morgan fingerprint density at radius 3 is 2.67 bits per heavy atom. The van der Waals surface area contributed by atoms with Crippen LogP contribution in [0.1, 0.15) is 26.7 Å². The summed E-state index contributed by atoms with van der Waals surface area (Å²) in [4.78, 5) is 4.75. The molecule has 0 saturated carbocycles. The largest absolute Gasteiger partial charge is 0.323 e. The smallest absolute Gasteiger partial charge is 0.238 e. The third kappa shape index (κ3) is 2.94. The van der Waals surface area contributed by atoms with Crippen molar-refractivity contribution in [2.75, 3.05) is 0 Å². The minimum absolute atomic E-state index is 0.0747. The van der Waals surface area contributed by atoms with Gasteiger partial charge in [-0.3, -0.25) is 4.68 Å². The van der Waals surface area contributed by atoms with Crippen molar-refractivity contribution >= 4 is 21.1 Å². The standard InChI is InChI=1S/C16H21N5O2S/c1-3-5-10-20-14-7-6-12(24(17,22)23)11-13(14)19-16(20)15-8-9-18-21(15)4-2/h6-9,11H,3-5,10H2,1-2H3,(H2,17,22,23). The van der Waals surface area contributed by atoms with E-state index >= 15 is 0 Å². The Morgan fingerprint density at radius 2 is 2.00 bits per heavy atom. The number of aromatic nitrogens is 4. The van der Waals surface area contributed by atoms with Crippen molar-refractivity contribution in [2.45, 2.75) is 44.7 Å². The molecule has 3 rings (SSSR count). The minimum Gasteiger partial charge on any atom is -0.323 e. The Labute approximate surface area is 141 Å². The molecule has 0 saturated heterocycles. The summed E-state index contributed by atoms with van der Waals surface area (Å²) in [5.74, 6) is 0.796. The fourth-order valence-corrected chi connectivity index (χ4v) is 3.33. The van der Waals surface area contributed by atoms with E-state index in [4.69, 9.17) is 5.14 Å². The van der Waals surface area contributed by atoms with Crippen molar-refractivity contribution in [1.29, 1.82) is 0 Å². The van der Waals surface area contributed by atoms with Gasteiger partial charge in [0.1, 0.15) is 5.69 Å². The maximum Gasteiger partial charge on any atom is 0.238 e. The van der Waals surface area contributed by atoms with E-state index in [0.717, 1.165) is 43.0 Å². The fraction of sp³-hybridized carbons (Fsp3) is 0.375. The van der Waals surface area contributed by atoms with Crippen LogP contribution in [0.25, 0.3) is 22.6 Å². The van der Waals surface area contributed by atoms with Gasteiger partial charge in [0.2, 0.25) is 10.0 Å². The van der Waals surface area contributed by atoms with Gasteiger partial charge in [-0.25, -0.2) is 18.5 Å². The summed E-state index contributed by atoms with van der Waals surface area (Å²) in [6, 6.07) is 6.76. The first-order valence-corrected chi connectivity index (χ1v) is 9.55. The number of nitrogens with zero attached hydrogens (tertiary/aromatic N) is 4. The van der Waals surface area contributed by atoms with E-state index in [1.54, 1.807) is 12.3 Å². The second-order valence-corrected chi connectivity index (χ2v) is 7.23. The molecule has 0 amide bonds. The molecule has 2 N–H and O–H groups in total. The van der Waals surface area contributed by atoms with Crippen molar-refractivity contribution in [3.05, 3.63) is 30.5 Å². The molecular weight excluding hydrogens is 326 g/mol. The van der Waals surface area contributed by atoms with Crippen LogP contribution in [-0.2, 0) is 23.1 Å². The number of primary sulfonamides is 1. The zero-order valence-corrected chi connectivity index (χ0v) is 14.6. The Balaban J connectivity index is 2.23. The summed E-state index contributed by atoms with van der Waals surface area (Å²) >= 11 is 0. The SMILES string of the molecule is CCCCn1c(-c2ccnn2CC)nc2cc(S(N)(=O)=O)ccc21. The molecule has 0 aliphatic carbocycles. The molecule has 2 heterocycles. The predicted octanol–water partition coefficient (Wildman–Crippen LogP) is 2.37. The van der Waals surface area contributed by atoms with Gasteiger partial charge in [0.05, 0.1) is 15.9 Å². The van der Waals surface area contributed by atoms with Crippen LogP contribution in [0.4, 0.5) is 0 Å². The molecule has 128 valence electrons. The second-order valence-electron chi connectivity index (χ2n) is 5.67. The quantitative estimate of drug-likeness (QED) is 0.740. The van der Waals surface area contributed by atoms with Crippen LogP contribution in [0.3, 0.4) is 0 Å². The zero-order valence-electron chi connectivity index (χ0n) is 13.8. The maximum atomic E-state index is 11.6. The van der Waals surface area contributed by atoms with Gasteiger partial charge in [0, 0.05) is 19.3 Å². The van der Waals surface area contributed by atoms with Crippen molar-refractivity contribution < 1.29 is 8.42 Å². The van der Waals surface area contributed by atoms with Gasteiger partial charge >= 0.3 is 0 Å². The fourth-order valence-electron chi connectivity index (χ4n) is 2.80. The number of benzene rings is 1. The van der Waals surface area contributed by atoms with Crippen LogP contribution in [-0.4, -0.2) is 27.7 Å².